The molecule has 2 aromatic rings. The van der Waals surface area contributed by atoms with Crippen LogP contribution in [-0.4, -0.2) is 33.0 Å². The molecule has 1 aliphatic heterocycles. The average Bonchev–Trinajstić information content (AvgIpc) is 3.01. The number of aryl methyl sites for hydroxylation is 1. The van der Waals surface area contributed by atoms with E-state index in [4.69, 9.17) is 23.2 Å². The van der Waals surface area contributed by atoms with Crippen LogP contribution in [0.25, 0.3) is 0 Å². The molecule has 6 nitrogen and oxygen atoms in total. The van der Waals surface area contributed by atoms with Crippen LogP contribution < -0.4 is 14.4 Å². The third kappa shape index (κ3) is 5.79. The van der Waals surface area contributed by atoms with E-state index in [9.17, 15) is 26.4 Å². The van der Waals surface area contributed by atoms with E-state index in [1.54, 1.807) is 0 Å². The Kier molecular flexibility index (Phi) is 7.16. The Bertz CT molecular complexity index is 1140. The molecule has 0 aromatic heterocycles. The van der Waals surface area contributed by atoms with E-state index in [1.807, 2.05) is 6.92 Å². The monoisotopic (exact) mass is 510 g/mol. The Balaban J connectivity index is 1.94. The van der Waals surface area contributed by atoms with Crippen molar-refractivity contribution in [2.24, 2.45) is 0 Å². The number of nitrogens with zero attached hydrogens (tertiary/aromatic N) is 1. The smallest absolute Gasteiger partial charge is 0.406 e. The molecule has 1 N–H and O–H groups in total. The molecule has 0 aliphatic carbocycles. The molecule has 12 heteroatoms. The highest BCUT2D eigenvalue weighted by Gasteiger charge is 2.32. The van der Waals surface area contributed by atoms with Crippen LogP contribution in [0.5, 0.6) is 5.75 Å². The minimum atomic E-state index is -4.89. The summed E-state index contributed by atoms with van der Waals surface area (Å²) in [5, 5.41) is 2.35. The molecule has 0 atom stereocenters. The second kappa shape index (κ2) is 9.36. The Morgan fingerprint density at radius 1 is 1.19 bits per heavy atom. The number of halogens is 5. The molecule has 0 bridgehead atoms. The molecule has 174 valence electrons. The SMILES string of the molecule is CCCc1cc(NC(=O)c2cc(N3CCCS3(=O)=O)cc(Cl)c2Cl)cc(OC(F)(F)F)c1. The zero-order chi connectivity index (χ0) is 23.7. The first kappa shape index (κ1) is 24.5. The number of benzene rings is 2. The molecular weight excluding hydrogens is 492 g/mol. The summed E-state index contributed by atoms with van der Waals surface area (Å²) in [6, 6.07) is 6.44. The molecule has 0 saturated carbocycles. The van der Waals surface area contributed by atoms with E-state index >= 15 is 0 Å². The van der Waals surface area contributed by atoms with Gasteiger partial charge in [-0.25, -0.2) is 8.42 Å². The highest BCUT2D eigenvalue weighted by atomic mass is 35.5. The molecule has 1 amide bonds. The van der Waals surface area contributed by atoms with Gasteiger partial charge in [0.1, 0.15) is 5.75 Å². The van der Waals surface area contributed by atoms with E-state index < -0.39 is 28.0 Å². The van der Waals surface area contributed by atoms with Crippen LogP contribution in [0.2, 0.25) is 10.0 Å². The van der Waals surface area contributed by atoms with Crippen LogP contribution in [0.15, 0.2) is 30.3 Å². The molecule has 1 aliphatic rings. The standard InChI is InChI=1S/C20H19Cl2F3N2O4S/c1-2-4-12-7-13(9-15(8-12)31-20(23,24)25)26-19(28)16-10-14(11-17(21)18(16)22)27-5-3-6-32(27,29)30/h7-11H,2-6H2,1H3,(H,26,28). The number of ether oxygens (including phenoxy) is 1. The van der Waals surface area contributed by atoms with Gasteiger partial charge in [0.2, 0.25) is 10.0 Å². The second-order valence-corrected chi connectivity index (χ2v) is 9.95. The van der Waals surface area contributed by atoms with Crippen LogP contribution in [0, 0.1) is 0 Å². The summed E-state index contributed by atoms with van der Waals surface area (Å²) >= 11 is 12.3. The van der Waals surface area contributed by atoms with Crippen molar-refractivity contribution >= 4 is 50.5 Å². The second-order valence-electron chi connectivity index (χ2n) is 7.15. The van der Waals surface area contributed by atoms with Gasteiger partial charge >= 0.3 is 6.36 Å². The Morgan fingerprint density at radius 3 is 2.50 bits per heavy atom. The van der Waals surface area contributed by atoms with E-state index in [0.717, 1.165) is 10.4 Å². The molecule has 3 rings (SSSR count). The number of nitrogens with one attached hydrogen (secondary N) is 1. The van der Waals surface area contributed by atoms with Gasteiger partial charge in [-0.05, 0) is 42.7 Å². The number of hydrogen-bond donors (Lipinski definition) is 1. The largest absolute Gasteiger partial charge is 0.573 e. The van der Waals surface area contributed by atoms with Crippen molar-refractivity contribution < 1.29 is 31.1 Å². The van der Waals surface area contributed by atoms with Crippen LogP contribution >= 0.6 is 23.2 Å². The fourth-order valence-corrected chi connectivity index (χ4v) is 5.33. The van der Waals surface area contributed by atoms with Gasteiger partial charge in [0.15, 0.2) is 0 Å². The number of carbonyl (C=O) groups is 1. The van der Waals surface area contributed by atoms with Crippen molar-refractivity contribution in [1.82, 2.24) is 0 Å². The number of sulfonamides is 1. The first-order valence-electron chi connectivity index (χ1n) is 9.60. The summed E-state index contributed by atoms with van der Waals surface area (Å²) in [4.78, 5) is 12.9. The molecule has 1 fully saturated rings. The fourth-order valence-electron chi connectivity index (χ4n) is 3.37. The van der Waals surface area contributed by atoms with Crippen LogP contribution in [0.1, 0.15) is 35.7 Å². The molecule has 0 unspecified atom stereocenters. The zero-order valence-corrected chi connectivity index (χ0v) is 19.1. The molecule has 1 saturated heterocycles. The van der Waals surface area contributed by atoms with Gasteiger partial charge < -0.3 is 10.1 Å². The van der Waals surface area contributed by atoms with Crippen LogP contribution in [0.3, 0.4) is 0 Å². The lowest BCUT2D eigenvalue weighted by Gasteiger charge is -2.19. The number of carbonyl (C=O) groups excluding carboxylic acids is 1. The summed E-state index contributed by atoms with van der Waals surface area (Å²) in [7, 11) is -3.53. The van der Waals surface area contributed by atoms with E-state index in [0.29, 0.717) is 24.8 Å². The highest BCUT2D eigenvalue weighted by Crippen LogP contribution is 2.35. The van der Waals surface area contributed by atoms with Crippen molar-refractivity contribution in [2.75, 3.05) is 21.9 Å². The normalized spacial score (nSPS) is 15.6. The third-order valence-corrected chi connectivity index (χ3v) is 7.31. The molecule has 32 heavy (non-hydrogen) atoms. The predicted octanol–water partition coefficient (Wildman–Crippen LogP) is 5.64. The Morgan fingerprint density at radius 2 is 1.91 bits per heavy atom. The van der Waals surface area contributed by atoms with Crippen molar-refractivity contribution in [1.29, 1.82) is 0 Å². The van der Waals surface area contributed by atoms with Gasteiger partial charge in [-0.2, -0.15) is 0 Å². The minimum Gasteiger partial charge on any atom is -0.406 e. The molecule has 0 radical (unpaired) electrons. The summed E-state index contributed by atoms with van der Waals surface area (Å²) < 4.78 is 67.6. The van der Waals surface area contributed by atoms with E-state index in [-0.39, 0.29) is 39.3 Å². The van der Waals surface area contributed by atoms with Gasteiger partial charge in [-0.3, -0.25) is 9.10 Å². The molecule has 2 aromatic carbocycles. The first-order valence-corrected chi connectivity index (χ1v) is 12.0. The van der Waals surface area contributed by atoms with Gasteiger partial charge in [0.25, 0.3) is 5.91 Å². The third-order valence-electron chi connectivity index (χ3n) is 4.64. The van der Waals surface area contributed by atoms with Gasteiger partial charge in [0.05, 0.1) is 27.0 Å². The number of hydrogen-bond acceptors (Lipinski definition) is 4. The quantitative estimate of drug-likeness (QED) is 0.545. The Labute approximate surface area is 193 Å². The van der Waals surface area contributed by atoms with E-state index in [2.05, 4.69) is 10.1 Å². The van der Waals surface area contributed by atoms with Crippen molar-refractivity contribution in [3.63, 3.8) is 0 Å². The lowest BCUT2D eigenvalue weighted by molar-refractivity contribution is -0.274. The van der Waals surface area contributed by atoms with Crippen molar-refractivity contribution in [3.8, 4) is 5.75 Å². The number of anilines is 2. The average molecular weight is 511 g/mol. The first-order chi connectivity index (χ1) is 14.9. The van der Waals surface area contributed by atoms with Crippen molar-refractivity contribution in [2.45, 2.75) is 32.5 Å². The van der Waals surface area contributed by atoms with Crippen LogP contribution in [0.4, 0.5) is 24.5 Å². The lowest BCUT2D eigenvalue weighted by atomic mass is 10.1. The maximum absolute atomic E-state index is 12.9. The lowest BCUT2D eigenvalue weighted by Crippen LogP contribution is -2.25. The summed E-state index contributed by atoms with van der Waals surface area (Å²) in [5.74, 6) is -1.26. The maximum atomic E-state index is 12.9. The maximum Gasteiger partial charge on any atom is 0.573 e. The zero-order valence-electron chi connectivity index (χ0n) is 16.8. The summed E-state index contributed by atoms with van der Waals surface area (Å²) in [6.07, 6.45) is -3.34. The molecule has 0 spiro atoms. The fraction of sp³-hybridized carbons (Fsp3) is 0.350. The van der Waals surface area contributed by atoms with E-state index in [1.165, 1.54) is 24.3 Å². The summed E-state index contributed by atoms with van der Waals surface area (Å²) in [6.45, 7) is 2.09. The minimum absolute atomic E-state index is 0.0268. The highest BCUT2D eigenvalue weighted by molar-refractivity contribution is 7.93. The predicted molar refractivity (Wildman–Crippen MR) is 117 cm³/mol. The Hall–Kier alpha value is -2.17. The molecule has 1 heterocycles. The topological polar surface area (TPSA) is 75.7 Å². The summed E-state index contributed by atoms with van der Waals surface area (Å²) in [5.41, 5.74) is 0.663. The number of rotatable bonds is 6. The van der Waals surface area contributed by atoms with Gasteiger partial charge in [-0.15, -0.1) is 13.2 Å². The van der Waals surface area contributed by atoms with Gasteiger partial charge in [-0.1, -0.05) is 36.5 Å². The van der Waals surface area contributed by atoms with Crippen LogP contribution in [-0.2, 0) is 16.4 Å². The number of amides is 1. The van der Waals surface area contributed by atoms with Gasteiger partial charge in [0, 0.05) is 18.3 Å². The number of alkyl halides is 3. The van der Waals surface area contributed by atoms with Crippen molar-refractivity contribution in [3.05, 3.63) is 51.5 Å². The molecular formula is C20H19Cl2F3N2O4S.